The molecule has 462 valence electrons. The molecule has 6 aliphatic rings. The highest BCUT2D eigenvalue weighted by Gasteiger charge is 2.42. The molecule has 16 rings (SSSR count). The molecular weight excluding hydrogens is 1210 g/mol. The molecule has 25 heteroatoms. The molecule has 2 saturated carbocycles. The van der Waals surface area contributed by atoms with Gasteiger partial charge in [-0.3, -0.25) is 20.2 Å². The molecule has 0 spiro atoms. The number of hydrogen-bond donors (Lipinski definition) is 2. The van der Waals surface area contributed by atoms with Crippen molar-refractivity contribution in [1.82, 2.24) is 48.8 Å². The third-order valence-electron chi connectivity index (χ3n) is 18.1. The zero-order valence-corrected chi connectivity index (χ0v) is 52.0. The Morgan fingerprint density at radius 2 is 1.03 bits per heavy atom. The number of fused-ring (bicyclic) bond motifs is 4. The van der Waals surface area contributed by atoms with Gasteiger partial charge in [0.25, 0.3) is 11.4 Å². The quantitative estimate of drug-likeness (QED) is 0.0714. The van der Waals surface area contributed by atoms with E-state index >= 15 is 0 Å². The van der Waals surface area contributed by atoms with Crippen molar-refractivity contribution in [2.75, 3.05) is 101 Å². The number of oxazole rings is 2. The third-order valence-corrected chi connectivity index (χ3v) is 18.7. The number of nitro benzene ring substituents is 2. The second-order valence-corrected chi connectivity index (χ2v) is 25.1. The highest BCUT2D eigenvalue weighted by Crippen LogP contribution is 2.48. The molecule has 2 N–H and O–H groups in total. The van der Waals surface area contributed by atoms with E-state index in [0.29, 0.717) is 93.1 Å². The Balaban J connectivity index is 0.000000144. The van der Waals surface area contributed by atoms with E-state index in [1.54, 1.807) is 70.4 Å². The van der Waals surface area contributed by atoms with E-state index in [1.165, 1.54) is 30.7 Å². The first kappa shape index (κ1) is 58.2. The van der Waals surface area contributed by atoms with Crippen LogP contribution in [0.5, 0.6) is 11.5 Å². The minimum Gasteiger partial charge on any atom is -0.494 e. The first-order chi connectivity index (χ1) is 43.7. The van der Waals surface area contributed by atoms with Crippen LogP contribution in [-0.2, 0) is 0 Å². The number of likely N-dealkylation sites (tertiary alicyclic amines) is 2. The highest BCUT2D eigenvalue weighted by molar-refractivity contribution is 9.10. The van der Waals surface area contributed by atoms with Crippen molar-refractivity contribution >= 4 is 83.8 Å². The number of aryl methyl sites for hydroxylation is 1. The SMILES string of the molecule is COc1cc(N2C[C@H]3CN(C)C[C@H]3C2)c([N+](=O)[O-])cc1Nc1ncc(-c2ncco2)c(-c2cn(C3CC3)c3ccccc23)n1.COc1cc(N2C[C@H]3CN(C)C[C@H]3C2)c([N+](=O)[O-])cc1Nc1ncc(Br)c(-c2cn(C3CC3)c3ccccc23)n1.Cc1ncco1. The summed E-state index contributed by atoms with van der Waals surface area (Å²) in [5.41, 5.74) is 8.42. The van der Waals surface area contributed by atoms with E-state index in [1.807, 2.05) is 18.2 Å². The van der Waals surface area contributed by atoms with Crippen molar-refractivity contribution in [2.45, 2.75) is 44.7 Å². The number of hydrogen-bond acceptors (Lipinski definition) is 20. The predicted octanol–water partition coefficient (Wildman–Crippen LogP) is 12.6. The van der Waals surface area contributed by atoms with Crippen molar-refractivity contribution in [3.8, 4) is 45.5 Å². The topological polar surface area (TPSA) is 255 Å². The summed E-state index contributed by atoms with van der Waals surface area (Å²) in [5, 5.41) is 33.2. The number of aromatic nitrogens is 8. The van der Waals surface area contributed by atoms with E-state index < -0.39 is 0 Å². The third kappa shape index (κ3) is 11.5. The maximum Gasteiger partial charge on any atom is 0.294 e. The van der Waals surface area contributed by atoms with Crippen LogP contribution < -0.4 is 29.9 Å². The van der Waals surface area contributed by atoms with Gasteiger partial charge in [0.2, 0.25) is 17.8 Å². The average molecular weight is 1280 g/mol. The first-order valence-electron chi connectivity index (χ1n) is 30.2. The second-order valence-electron chi connectivity index (χ2n) is 24.3. The number of ether oxygens (including phenoxy) is 2. The average Bonchev–Trinajstić information content (AvgIpc) is 1.77. The minimum absolute atomic E-state index is 0.0192. The van der Waals surface area contributed by atoms with Crippen LogP contribution in [0.1, 0.15) is 43.7 Å². The number of nitro groups is 2. The van der Waals surface area contributed by atoms with Gasteiger partial charge >= 0.3 is 0 Å². The normalized spacial score (nSPS) is 19.5. The van der Waals surface area contributed by atoms with Gasteiger partial charge < -0.3 is 57.7 Å². The number of rotatable bonds is 15. The molecule has 0 amide bonds. The number of para-hydroxylation sites is 2. The van der Waals surface area contributed by atoms with E-state index in [9.17, 15) is 20.2 Å². The molecule has 10 aromatic rings. The molecule has 2 aliphatic carbocycles. The highest BCUT2D eigenvalue weighted by atomic mass is 79.9. The fourth-order valence-corrected chi connectivity index (χ4v) is 14.1. The van der Waals surface area contributed by atoms with Crippen LogP contribution >= 0.6 is 15.9 Å². The summed E-state index contributed by atoms with van der Waals surface area (Å²) in [4.78, 5) is 59.8. The molecule has 4 aliphatic heterocycles. The van der Waals surface area contributed by atoms with Crippen LogP contribution in [0.3, 0.4) is 0 Å². The molecule has 10 heterocycles. The van der Waals surface area contributed by atoms with Gasteiger partial charge in [0.15, 0.2) is 5.89 Å². The van der Waals surface area contributed by atoms with E-state index in [-0.39, 0.29) is 27.2 Å². The lowest BCUT2D eigenvalue weighted by molar-refractivity contribution is -0.384. The summed E-state index contributed by atoms with van der Waals surface area (Å²) in [6.45, 7) is 9.05. The van der Waals surface area contributed by atoms with Crippen molar-refractivity contribution in [3.05, 3.63) is 153 Å². The van der Waals surface area contributed by atoms with Gasteiger partial charge in [-0.25, -0.2) is 29.9 Å². The molecule has 90 heavy (non-hydrogen) atoms. The second kappa shape index (κ2) is 24.1. The molecule has 4 aromatic carbocycles. The Morgan fingerprint density at radius 1 is 0.578 bits per heavy atom. The van der Waals surface area contributed by atoms with Gasteiger partial charge in [0.1, 0.15) is 35.4 Å². The van der Waals surface area contributed by atoms with Crippen LogP contribution in [0.15, 0.2) is 136 Å². The first-order valence-corrected chi connectivity index (χ1v) is 31.0. The number of anilines is 6. The van der Waals surface area contributed by atoms with Gasteiger partial charge in [-0.1, -0.05) is 36.4 Å². The molecule has 4 atom stereocenters. The van der Waals surface area contributed by atoms with Crippen molar-refractivity contribution in [3.63, 3.8) is 0 Å². The summed E-state index contributed by atoms with van der Waals surface area (Å²) >= 11 is 3.65. The van der Waals surface area contributed by atoms with Gasteiger partial charge in [0.05, 0.1) is 69.3 Å². The number of halogens is 1. The fraction of sp³-hybridized carbons (Fsp3) is 0.354. The Hall–Kier alpha value is -9.46. The Labute approximate surface area is 526 Å². The lowest BCUT2D eigenvalue weighted by atomic mass is 10.0. The molecule has 4 saturated heterocycles. The van der Waals surface area contributed by atoms with Crippen LogP contribution in [0.2, 0.25) is 0 Å². The van der Waals surface area contributed by atoms with Crippen LogP contribution in [-0.4, -0.2) is 139 Å². The Kier molecular flexibility index (Phi) is 15.6. The summed E-state index contributed by atoms with van der Waals surface area (Å²) in [6, 6.07) is 24.2. The lowest BCUT2D eigenvalue weighted by Crippen LogP contribution is -2.27. The zero-order chi connectivity index (χ0) is 61.9. The van der Waals surface area contributed by atoms with Crippen LogP contribution in [0.25, 0.3) is 55.8 Å². The molecule has 24 nitrogen and oxygen atoms in total. The Morgan fingerprint density at radius 3 is 1.46 bits per heavy atom. The molecular formula is C65H67BrN16O8. The van der Waals surface area contributed by atoms with Crippen molar-refractivity contribution in [2.24, 2.45) is 23.7 Å². The van der Waals surface area contributed by atoms with Crippen molar-refractivity contribution < 1.29 is 28.2 Å². The monoisotopic (exact) mass is 1280 g/mol. The fourth-order valence-electron chi connectivity index (χ4n) is 13.7. The van der Waals surface area contributed by atoms with E-state index in [2.05, 4.69) is 132 Å². The maximum atomic E-state index is 12.3. The summed E-state index contributed by atoms with van der Waals surface area (Å²) < 4.78 is 27.3. The molecule has 6 fully saturated rings. The van der Waals surface area contributed by atoms with Crippen molar-refractivity contribution in [1.29, 1.82) is 0 Å². The predicted molar refractivity (Wildman–Crippen MR) is 346 cm³/mol. The molecule has 0 bridgehead atoms. The van der Waals surface area contributed by atoms with Crippen LogP contribution in [0, 0.1) is 50.8 Å². The number of nitrogens with one attached hydrogen (secondary N) is 2. The smallest absolute Gasteiger partial charge is 0.294 e. The zero-order valence-electron chi connectivity index (χ0n) is 50.4. The molecule has 0 radical (unpaired) electrons. The maximum absolute atomic E-state index is 12.3. The number of methoxy groups -OCH3 is 2. The summed E-state index contributed by atoms with van der Waals surface area (Å²) in [6.07, 6.45) is 18.6. The van der Waals surface area contributed by atoms with Crippen LogP contribution in [0.4, 0.5) is 46.0 Å². The number of nitrogens with zero attached hydrogens (tertiary/aromatic N) is 14. The summed E-state index contributed by atoms with van der Waals surface area (Å²) in [5.74, 6) is 4.77. The van der Waals surface area contributed by atoms with Gasteiger partial charge in [0, 0.05) is 153 Å². The molecule has 6 aromatic heterocycles. The van der Waals surface area contributed by atoms with Gasteiger partial charge in [-0.05, 0) is 91.5 Å². The minimum atomic E-state index is -0.328. The van der Waals surface area contributed by atoms with E-state index in [0.717, 1.165) is 109 Å². The van der Waals surface area contributed by atoms with E-state index in [4.69, 9.17) is 28.3 Å². The lowest BCUT2D eigenvalue weighted by Gasteiger charge is -2.22. The largest absolute Gasteiger partial charge is 0.494 e. The molecule has 0 unspecified atom stereocenters. The Bertz CT molecular complexity index is 4290. The summed E-state index contributed by atoms with van der Waals surface area (Å²) in [7, 11) is 7.40. The van der Waals surface area contributed by atoms with Gasteiger partial charge in [-0.2, -0.15) is 0 Å². The van der Waals surface area contributed by atoms with Gasteiger partial charge in [-0.15, -0.1) is 0 Å². The number of benzene rings is 4. The standard InChI is InChI=1S/C32H32N8O4.C29H30BrN7O3.C4H5NO/c1-37-14-19-16-38(17-20(19)15-37)27-12-29(43-2)25(11-28(27)40(41)42)35-32-34-13-23(31-33-9-10-44-31)30(36-32)24-18-39(21-7-8-21)26-6-4-3-5-22(24)26;1-34-12-17-14-35(15-18(17)13-34)25-10-27(40-2)23(9-26(25)37(38)39)32-29-31-11-22(30)28(33-29)21-16-36(19-7-8-19)24-6-4-3-5-20(21)24;1-4-5-2-3-6-4/h3-6,9-13,18-21H,7-8,14-17H2,1-2H3,(H,34,35,36);3-6,9-11,16-19H,7-8,12-15H2,1-2H3,(H,31,32,33);2-3H,1H3/t19-,20+;17-,18+;.